The van der Waals surface area contributed by atoms with Gasteiger partial charge in [-0.3, -0.25) is 4.98 Å². The highest BCUT2D eigenvalue weighted by Gasteiger charge is 2.22. The summed E-state index contributed by atoms with van der Waals surface area (Å²) in [6.45, 7) is 3.08. The molecule has 1 aromatic heterocycles. The van der Waals surface area contributed by atoms with Gasteiger partial charge in [-0.05, 0) is 35.7 Å². The summed E-state index contributed by atoms with van der Waals surface area (Å²) in [6, 6.07) is 11.3. The van der Waals surface area contributed by atoms with Gasteiger partial charge in [-0.1, -0.05) is 25.1 Å². The fraction of sp³-hybridized carbons (Fsp3) is 0.353. The summed E-state index contributed by atoms with van der Waals surface area (Å²) >= 11 is 0. The maximum atomic E-state index is 10.6. The van der Waals surface area contributed by atoms with Gasteiger partial charge >= 0.3 is 0 Å². The van der Waals surface area contributed by atoms with Crippen LogP contribution in [0.4, 0.5) is 0 Å². The van der Waals surface area contributed by atoms with Gasteiger partial charge < -0.3 is 15.6 Å². The molecule has 2 atom stereocenters. The fourth-order valence-electron chi connectivity index (χ4n) is 2.28. The highest BCUT2D eigenvalue weighted by Crippen LogP contribution is 2.31. The first-order valence-electron chi connectivity index (χ1n) is 7.27. The van der Waals surface area contributed by atoms with E-state index < -0.39 is 6.10 Å². The number of aliphatic hydroxyl groups is 1. The quantitative estimate of drug-likeness (QED) is 0.821. The molecule has 0 radical (unpaired) electrons. The van der Waals surface area contributed by atoms with Crippen molar-refractivity contribution < 1.29 is 9.84 Å². The summed E-state index contributed by atoms with van der Waals surface area (Å²) in [4.78, 5) is 4.10. The van der Waals surface area contributed by atoms with Crippen LogP contribution in [-0.2, 0) is 0 Å². The van der Waals surface area contributed by atoms with Crippen molar-refractivity contribution >= 4 is 0 Å². The molecule has 1 heterocycles. The van der Waals surface area contributed by atoms with Gasteiger partial charge in [0, 0.05) is 24.9 Å². The van der Waals surface area contributed by atoms with Crippen molar-refractivity contribution in [3.8, 4) is 5.75 Å². The minimum Gasteiger partial charge on any atom is -0.494 e. The van der Waals surface area contributed by atoms with E-state index in [1.54, 1.807) is 12.4 Å². The summed E-state index contributed by atoms with van der Waals surface area (Å²) in [5.74, 6) is 0.593. The molecule has 4 heteroatoms. The molecule has 2 unspecified atom stereocenters. The van der Waals surface area contributed by atoms with E-state index in [9.17, 15) is 5.11 Å². The molecule has 3 N–H and O–H groups in total. The lowest BCUT2D eigenvalue weighted by atomic mass is 9.90. The minimum atomic E-state index is -0.677. The molecule has 112 valence electrons. The van der Waals surface area contributed by atoms with E-state index in [2.05, 4.69) is 11.9 Å². The second-order valence-electron chi connectivity index (χ2n) is 4.99. The van der Waals surface area contributed by atoms with Crippen LogP contribution in [0.15, 0.2) is 48.8 Å². The zero-order valence-electron chi connectivity index (χ0n) is 12.3. The van der Waals surface area contributed by atoms with E-state index in [1.807, 2.05) is 36.4 Å². The first kappa shape index (κ1) is 15.5. The number of hydrogen-bond donors (Lipinski definition) is 2. The van der Waals surface area contributed by atoms with Crippen LogP contribution in [0.25, 0.3) is 0 Å². The number of aromatic nitrogens is 1. The normalized spacial score (nSPS) is 13.7. The van der Waals surface area contributed by atoms with E-state index in [0.29, 0.717) is 13.2 Å². The molecular formula is C17H22N2O2. The van der Waals surface area contributed by atoms with Crippen molar-refractivity contribution in [1.29, 1.82) is 0 Å². The predicted octanol–water partition coefficient (Wildman–Crippen LogP) is 2.65. The molecule has 0 fully saturated rings. The van der Waals surface area contributed by atoms with Crippen LogP contribution in [0.5, 0.6) is 5.75 Å². The summed E-state index contributed by atoms with van der Waals surface area (Å²) in [6.07, 6.45) is 3.73. The molecule has 0 saturated heterocycles. The van der Waals surface area contributed by atoms with Crippen molar-refractivity contribution in [2.45, 2.75) is 25.4 Å². The zero-order chi connectivity index (χ0) is 15.1. The van der Waals surface area contributed by atoms with Crippen LogP contribution in [0, 0.1) is 0 Å². The number of benzene rings is 1. The highest BCUT2D eigenvalue weighted by molar-refractivity contribution is 5.32. The summed E-state index contributed by atoms with van der Waals surface area (Å²) in [5, 5.41) is 10.6. The second-order valence-corrected chi connectivity index (χ2v) is 4.99. The van der Waals surface area contributed by atoms with Crippen molar-refractivity contribution in [1.82, 2.24) is 4.98 Å². The Morgan fingerprint density at radius 2 is 2.05 bits per heavy atom. The number of nitrogens with two attached hydrogens (primary N) is 1. The van der Waals surface area contributed by atoms with Crippen molar-refractivity contribution in [2.75, 3.05) is 13.2 Å². The lowest BCUT2D eigenvalue weighted by molar-refractivity contribution is 0.147. The van der Waals surface area contributed by atoms with Crippen molar-refractivity contribution in [2.24, 2.45) is 5.73 Å². The highest BCUT2D eigenvalue weighted by atomic mass is 16.5. The molecule has 0 aliphatic carbocycles. The van der Waals surface area contributed by atoms with Gasteiger partial charge in [0.25, 0.3) is 0 Å². The third kappa shape index (κ3) is 4.03. The Morgan fingerprint density at radius 1 is 1.24 bits per heavy atom. The number of rotatable bonds is 7. The summed E-state index contributed by atoms with van der Waals surface area (Å²) in [7, 11) is 0. The molecule has 0 aliphatic rings. The smallest absolute Gasteiger partial charge is 0.119 e. The van der Waals surface area contributed by atoms with E-state index in [1.165, 1.54) is 0 Å². The van der Waals surface area contributed by atoms with Gasteiger partial charge in [0.05, 0.1) is 12.7 Å². The molecule has 1 aromatic carbocycles. The summed E-state index contributed by atoms with van der Waals surface area (Å²) < 4.78 is 5.61. The van der Waals surface area contributed by atoms with Gasteiger partial charge in [-0.25, -0.2) is 0 Å². The molecular weight excluding hydrogens is 264 g/mol. The number of nitrogens with zero attached hydrogens (tertiary/aromatic N) is 1. The number of ether oxygens (including phenoxy) is 1. The lowest BCUT2D eigenvalue weighted by Gasteiger charge is -2.22. The Hall–Kier alpha value is -1.91. The Morgan fingerprint density at radius 3 is 2.71 bits per heavy atom. The minimum absolute atomic E-state index is 0.180. The molecule has 4 nitrogen and oxygen atoms in total. The van der Waals surface area contributed by atoms with E-state index in [-0.39, 0.29) is 5.92 Å². The Labute approximate surface area is 125 Å². The standard InChI is InChI=1S/C17H22N2O2/c1-2-9-21-15-7-3-5-13(10-15)17(20)16(11-18)14-6-4-8-19-12-14/h3-8,10,12,16-17,20H,2,9,11,18H2,1H3. The Balaban J connectivity index is 2.19. The molecule has 2 aromatic rings. The van der Waals surface area contributed by atoms with Crippen LogP contribution < -0.4 is 10.5 Å². The van der Waals surface area contributed by atoms with Gasteiger partial charge in [-0.15, -0.1) is 0 Å². The molecule has 0 saturated carbocycles. The Bertz CT molecular complexity index is 545. The van der Waals surface area contributed by atoms with Crippen LogP contribution in [0.1, 0.15) is 36.5 Å². The van der Waals surface area contributed by atoms with Gasteiger partial charge in [-0.2, -0.15) is 0 Å². The largest absolute Gasteiger partial charge is 0.494 e. The van der Waals surface area contributed by atoms with E-state index >= 15 is 0 Å². The topological polar surface area (TPSA) is 68.4 Å². The SMILES string of the molecule is CCCOc1cccc(C(O)C(CN)c2cccnc2)c1. The zero-order valence-corrected chi connectivity index (χ0v) is 12.3. The van der Waals surface area contributed by atoms with Crippen LogP contribution in [-0.4, -0.2) is 23.2 Å². The number of hydrogen-bond acceptors (Lipinski definition) is 4. The monoisotopic (exact) mass is 286 g/mol. The fourth-order valence-corrected chi connectivity index (χ4v) is 2.28. The Kier molecular flexibility index (Phi) is 5.72. The van der Waals surface area contributed by atoms with Crippen molar-refractivity contribution in [3.05, 3.63) is 59.9 Å². The predicted molar refractivity (Wildman–Crippen MR) is 83.2 cm³/mol. The molecule has 0 spiro atoms. The first-order valence-corrected chi connectivity index (χ1v) is 7.27. The number of pyridine rings is 1. The number of aliphatic hydroxyl groups excluding tert-OH is 1. The van der Waals surface area contributed by atoms with Crippen LogP contribution in [0.3, 0.4) is 0 Å². The van der Waals surface area contributed by atoms with Gasteiger partial charge in [0.15, 0.2) is 0 Å². The molecule has 2 rings (SSSR count). The molecule has 0 aliphatic heterocycles. The maximum absolute atomic E-state index is 10.6. The maximum Gasteiger partial charge on any atom is 0.119 e. The summed E-state index contributed by atoms with van der Waals surface area (Å²) in [5.41, 5.74) is 7.59. The van der Waals surface area contributed by atoms with Crippen molar-refractivity contribution in [3.63, 3.8) is 0 Å². The van der Waals surface area contributed by atoms with Crippen LogP contribution >= 0.6 is 0 Å². The second kappa shape index (κ2) is 7.76. The van der Waals surface area contributed by atoms with Gasteiger partial charge in [0.1, 0.15) is 5.75 Å². The molecule has 0 bridgehead atoms. The first-order chi connectivity index (χ1) is 10.3. The van der Waals surface area contributed by atoms with Crippen LogP contribution in [0.2, 0.25) is 0 Å². The third-order valence-electron chi connectivity index (χ3n) is 3.42. The van der Waals surface area contributed by atoms with Gasteiger partial charge in [0.2, 0.25) is 0 Å². The average Bonchev–Trinajstić information content (AvgIpc) is 2.55. The van der Waals surface area contributed by atoms with E-state index in [0.717, 1.165) is 23.3 Å². The molecule has 21 heavy (non-hydrogen) atoms. The lowest BCUT2D eigenvalue weighted by Crippen LogP contribution is -2.20. The molecule has 0 amide bonds. The third-order valence-corrected chi connectivity index (χ3v) is 3.42. The average molecular weight is 286 g/mol. The van der Waals surface area contributed by atoms with E-state index in [4.69, 9.17) is 10.5 Å².